The number of anilines is 2. The number of rotatable bonds is 6. The fourth-order valence-corrected chi connectivity index (χ4v) is 2.60. The lowest BCUT2D eigenvalue weighted by atomic mass is 10.3. The highest BCUT2D eigenvalue weighted by Gasteiger charge is 2.02. The van der Waals surface area contributed by atoms with Crippen LogP contribution in [0.25, 0.3) is 0 Å². The quantitative estimate of drug-likeness (QED) is 0.565. The van der Waals surface area contributed by atoms with Crippen molar-refractivity contribution in [2.75, 3.05) is 30.4 Å². The summed E-state index contributed by atoms with van der Waals surface area (Å²) in [5, 5.41) is 7.89. The summed E-state index contributed by atoms with van der Waals surface area (Å²) >= 11 is 17.1. The zero-order chi connectivity index (χ0) is 16.7. The molecule has 6 heteroatoms. The van der Waals surface area contributed by atoms with Crippen molar-refractivity contribution in [1.82, 2.24) is 5.32 Å². The van der Waals surface area contributed by atoms with E-state index in [1.165, 1.54) is 5.69 Å². The molecule has 23 heavy (non-hydrogen) atoms. The van der Waals surface area contributed by atoms with Gasteiger partial charge in [0.2, 0.25) is 0 Å². The molecule has 0 heterocycles. The predicted octanol–water partition coefficient (Wildman–Crippen LogP) is 4.81. The van der Waals surface area contributed by atoms with E-state index in [-0.39, 0.29) is 0 Å². The summed E-state index contributed by atoms with van der Waals surface area (Å²) in [6.45, 7) is 1.75. The Hall–Kier alpha value is -1.49. The van der Waals surface area contributed by atoms with Crippen molar-refractivity contribution >= 4 is 51.9 Å². The molecule has 0 aliphatic heterocycles. The van der Waals surface area contributed by atoms with Crippen molar-refractivity contribution in [3.63, 3.8) is 0 Å². The Balaban J connectivity index is 1.69. The number of nitrogens with one attached hydrogen (secondary N) is 2. The van der Waals surface area contributed by atoms with Crippen LogP contribution < -0.4 is 15.5 Å². The molecule has 0 amide bonds. The van der Waals surface area contributed by atoms with Crippen LogP contribution >= 0.6 is 35.4 Å². The Morgan fingerprint density at radius 2 is 1.83 bits per heavy atom. The zero-order valence-corrected chi connectivity index (χ0v) is 15.2. The predicted molar refractivity (Wildman–Crippen MR) is 105 cm³/mol. The Morgan fingerprint density at radius 1 is 1.09 bits per heavy atom. The lowest BCUT2D eigenvalue weighted by molar-refractivity contribution is 0.755. The van der Waals surface area contributed by atoms with Crippen LogP contribution in [0, 0.1) is 0 Å². The fourth-order valence-electron chi connectivity index (χ4n) is 2.08. The van der Waals surface area contributed by atoms with Crippen molar-refractivity contribution < 1.29 is 0 Å². The van der Waals surface area contributed by atoms with E-state index in [2.05, 4.69) is 34.7 Å². The van der Waals surface area contributed by atoms with E-state index in [9.17, 15) is 0 Å². The summed E-state index contributed by atoms with van der Waals surface area (Å²) in [5.74, 6) is 0. The number of nitrogens with zero attached hydrogens (tertiary/aromatic N) is 1. The normalized spacial score (nSPS) is 10.2. The molecule has 2 rings (SSSR count). The van der Waals surface area contributed by atoms with Crippen molar-refractivity contribution in [2.24, 2.45) is 0 Å². The third-order valence-corrected chi connectivity index (χ3v) is 4.32. The first kappa shape index (κ1) is 17.9. The van der Waals surface area contributed by atoms with Crippen LogP contribution in [0.1, 0.15) is 6.42 Å². The third-order valence-electron chi connectivity index (χ3n) is 3.33. The maximum absolute atomic E-state index is 5.98. The van der Waals surface area contributed by atoms with Crippen molar-refractivity contribution in [3.05, 3.63) is 58.6 Å². The van der Waals surface area contributed by atoms with Gasteiger partial charge in [-0.1, -0.05) is 41.4 Å². The number of hydrogen-bond acceptors (Lipinski definition) is 2. The molecule has 0 spiro atoms. The summed E-state index contributed by atoms with van der Waals surface area (Å²) < 4.78 is 0. The molecular formula is C17H19Cl2N3S. The van der Waals surface area contributed by atoms with Crippen LogP contribution in [0.4, 0.5) is 11.4 Å². The first-order valence-electron chi connectivity index (χ1n) is 7.32. The smallest absolute Gasteiger partial charge is 0.170 e. The second-order valence-electron chi connectivity index (χ2n) is 5.12. The van der Waals surface area contributed by atoms with Crippen LogP contribution in [-0.2, 0) is 0 Å². The molecule has 2 aromatic carbocycles. The van der Waals surface area contributed by atoms with Crippen LogP contribution in [0.5, 0.6) is 0 Å². The summed E-state index contributed by atoms with van der Waals surface area (Å²) in [4.78, 5) is 2.22. The van der Waals surface area contributed by atoms with Gasteiger partial charge in [0.25, 0.3) is 0 Å². The molecule has 0 saturated heterocycles. The van der Waals surface area contributed by atoms with Crippen LogP contribution in [0.3, 0.4) is 0 Å². The van der Waals surface area contributed by atoms with Crippen molar-refractivity contribution in [1.29, 1.82) is 0 Å². The van der Waals surface area contributed by atoms with E-state index in [1.54, 1.807) is 12.1 Å². The molecule has 0 aromatic heterocycles. The van der Waals surface area contributed by atoms with Crippen LogP contribution in [-0.4, -0.2) is 25.2 Å². The maximum Gasteiger partial charge on any atom is 0.170 e. The second-order valence-corrected chi connectivity index (χ2v) is 6.34. The minimum absolute atomic E-state index is 0.504. The van der Waals surface area contributed by atoms with Gasteiger partial charge in [-0.15, -0.1) is 0 Å². The van der Waals surface area contributed by atoms with Gasteiger partial charge in [0.05, 0.1) is 10.0 Å². The van der Waals surface area contributed by atoms with Gasteiger partial charge >= 0.3 is 0 Å². The second kappa shape index (κ2) is 8.96. The van der Waals surface area contributed by atoms with E-state index >= 15 is 0 Å². The van der Waals surface area contributed by atoms with Gasteiger partial charge in [-0.25, -0.2) is 0 Å². The largest absolute Gasteiger partial charge is 0.375 e. The summed E-state index contributed by atoms with van der Waals surface area (Å²) in [6.07, 6.45) is 0.981. The number of thiocarbonyl (C=S) groups is 1. The number of para-hydroxylation sites is 1. The van der Waals surface area contributed by atoms with E-state index in [0.29, 0.717) is 15.2 Å². The monoisotopic (exact) mass is 367 g/mol. The summed E-state index contributed by atoms with van der Waals surface area (Å²) in [7, 11) is 2.08. The fraction of sp³-hybridized carbons (Fsp3) is 0.235. The van der Waals surface area contributed by atoms with Gasteiger partial charge in [-0.05, 0) is 49.0 Å². The minimum Gasteiger partial charge on any atom is -0.375 e. The Bertz CT molecular complexity index is 650. The highest BCUT2D eigenvalue weighted by molar-refractivity contribution is 7.80. The SMILES string of the molecule is CN(CCCNC(=S)Nc1ccc(Cl)c(Cl)c1)c1ccccc1. The number of hydrogen-bond donors (Lipinski definition) is 2. The van der Waals surface area contributed by atoms with Gasteiger partial charge in [0.15, 0.2) is 5.11 Å². The van der Waals surface area contributed by atoms with Crippen molar-refractivity contribution in [3.8, 4) is 0 Å². The minimum atomic E-state index is 0.504. The molecule has 2 aromatic rings. The molecule has 0 fully saturated rings. The van der Waals surface area contributed by atoms with Crippen LogP contribution in [0.2, 0.25) is 10.0 Å². The summed E-state index contributed by atoms with van der Waals surface area (Å²) in [6, 6.07) is 15.6. The topological polar surface area (TPSA) is 27.3 Å². The zero-order valence-electron chi connectivity index (χ0n) is 12.9. The van der Waals surface area contributed by atoms with Gasteiger partial charge < -0.3 is 15.5 Å². The molecule has 0 aliphatic rings. The molecule has 2 N–H and O–H groups in total. The third kappa shape index (κ3) is 5.90. The average molecular weight is 368 g/mol. The summed E-state index contributed by atoms with van der Waals surface area (Å²) in [5.41, 5.74) is 2.03. The molecule has 0 aliphatic carbocycles. The van der Waals surface area contributed by atoms with Gasteiger partial charge in [-0.2, -0.15) is 0 Å². The van der Waals surface area contributed by atoms with Gasteiger partial charge in [0, 0.05) is 31.5 Å². The molecule has 3 nitrogen and oxygen atoms in total. The van der Waals surface area contributed by atoms with Crippen LogP contribution in [0.15, 0.2) is 48.5 Å². The molecule has 0 radical (unpaired) electrons. The average Bonchev–Trinajstić information content (AvgIpc) is 2.55. The molecule has 0 atom stereocenters. The van der Waals surface area contributed by atoms with E-state index in [4.69, 9.17) is 35.4 Å². The maximum atomic E-state index is 5.98. The Morgan fingerprint density at radius 3 is 2.52 bits per heavy atom. The highest BCUT2D eigenvalue weighted by atomic mass is 35.5. The molecule has 0 bridgehead atoms. The van der Waals surface area contributed by atoms with E-state index < -0.39 is 0 Å². The van der Waals surface area contributed by atoms with E-state index in [1.807, 2.05) is 24.3 Å². The van der Waals surface area contributed by atoms with E-state index in [0.717, 1.165) is 25.2 Å². The standard InChI is InChI=1S/C17H19Cl2N3S/c1-22(14-6-3-2-4-7-14)11-5-10-20-17(23)21-13-8-9-15(18)16(19)12-13/h2-4,6-9,12H,5,10-11H2,1H3,(H2,20,21,23). The van der Waals surface area contributed by atoms with Crippen molar-refractivity contribution in [2.45, 2.75) is 6.42 Å². The van der Waals surface area contributed by atoms with Gasteiger partial charge in [0.1, 0.15) is 0 Å². The first-order valence-corrected chi connectivity index (χ1v) is 8.49. The first-order chi connectivity index (χ1) is 11.1. The molecule has 0 saturated carbocycles. The Labute approximate surface area is 152 Å². The number of benzene rings is 2. The lowest BCUT2D eigenvalue weighted by Gasteiger charge is -2.19. The molecular weight excluding hydrogens is 349 g/mol. The van der Waals surface area contributed by atoms with Gasteiger partial charge in [-0.3, -0.25) is 0 Å². The Kier molecular flexibility index (Phi) is 6.96. The molecule has 0 unspecified atom stereocenters. The number of halogens is 2. The highest BCUT2D eigenvalue weighted by Crippen LogP contribution is 2.24. The molecule has 122 valence electrons. The lowest BCUT2D eigenvalue weighted by Crippen LogP contribution is -2.31.